The maximum Gasteiger partial charge on any atom is 0.145 e. The highest BCUT2D eigenvalue weighted by molar-refractivity contribution is 14.1. The molecule has 0 radical (unpaired) electrons. The molecule has 0 aromatic carbocycles. The summed E-state index contributed by atoms with van der Waals surface area (Å²) >= 11 is 7.88. The van der Waals surface area contributed by atoms with Gasteiger partial charge in [0.1, 0.15) is 12.1 Å². The summed E-state index contributed by atoms with van der Waals surface area (Å²) in [6.45, 7) is 1.02. The predicted octanol–water partition coefficient (Wildman–Crippen LogP) is 2.93. The van der Waals surface area contributed by atoms with Gasteiger partial charge in [0.25, 0.3) is 0 Å². The minimum Gasteiger partial charge on any atom is -0.359 e. The zero-order valence-electron chi connectivity index (χ0n) is 8.79. The lowest BCUT2D eigenvalue weighted by Gasteiger charge is -2.18. The molecule has 0 saturated carbocycles. The van der Waals surface area contributed by atoms with Crippen LogP contribution in [0.3, 0.4) is 0 Å². The molecule has 0 saturated heterocycles. The molecule has 1 aromatic heterocycles. The summed E-state index contributed by atoms with van der Waals surface area (Å²) in [7, 11) is 2.06. The smallest absolute Gasteiger partial charge is 0.145 e. The van der Waals surface area contributed by atoms with E-state index in [0.29, 0.717) is 0 Å². The molecule has 0 bridgehead atoms. The number of hydrogen-bond donors (Lipinski definition) is 0. The van der Waals surface area contributed by atoms with Crippen molar-refractivity contribution in [3.8, 4) is 0 Å². The van der Waals surface area contributed by atoms with Gasteiger partial charge in [-0.1, -0.05) is 6.42 Å². The van der Waals surface area contributed by atoms with E-state index in [1.807, 2.05) is 6.20 Å². The second-order valence-electron chi connectivity index (χ2n) is 3.37. The Kier molecular flexibility index (Phi) is 6.24. The Morgan fingerprint density at radius 1 is 1.40 bits per heavy atom. The molecular formula is C10H15ClIN3. The Labute approximate surface area is 109 Å². The Morgan fingerprint density at radius 3 is 2.87 bits per heavy atom. The van der Waals surface area contributed by atoms with Gasteiger partial charge in [-0.15, -0.1) is 11.6 Å². The van der Waals surface area contributed by atoms with E-state index < -0.39 is 0 Å². The summed E-state index contributed by atoms with van der Waals surface area (Å²) in [6.07, 6.45) is 6.85. The molecule has 0 amide bonds. The number of rotatable bonds is 6. The van der Waals surface area contributed by atoms with Crippen LogP contribution in [0.1, 0.15) is 19.3 Å². The number of alkyl halides is 1. The topological polar surface area (TPSA) is 29.0 Å². The molecule has 0 aliphatic carbocycles. The van der Waals surface area contributed by atoms with Gasteiger partial charge in [0, 0.05) is 25.7 Å². The quantitative estimate of drug-likeness (QED) is 0.453. The molecule has 3 nitrogen and oxygen atoms in total. The number of hydrogen-bond acceptors (Lipinski definition) is 3. The van der Waals surface area contributed by atoms with Crippen molar-refractivity contribution in [1.82, 2.24) is 9.97 Å². The molecule has 1 aromatic rings. The summed E-state index contributed by atoms with van der Waals surface area (Å²) < 4.78 is 1.09. The lowest BCUT2D eigenvalue weighted by molar-refractivity contribution is 0.702. The number of halogens is 2. The molecular weight excluding hydrogens is 324 g/mol. The molecule has 5 heteroatoms. The number of anilines is 1. The number of unbranched alkanes of at least 4 members (excludes halogenated alkanes) is 2. The van der Waals surface area contributed by atoms with Crippen LogP contribution in [0, 0.1) is 3.57 Å². The van der Waals surface area contributed by atoms with Crippen molar-refractivity contribution in [2.45, 2.75) is 19.3 Å². The molecule has 1 rings (SSSR count). The predicted molar refractivity (Wildman–Crippen MR) is 72.6 cm³/mol. The van der Waals surface area contributed by atoms with Gasteiger partial charge in [0.05, 0.1) is 3.57 Å². The lowest BCUT2D eigenvalue weighted by Crippen LogP contribution is -2.20. The normalized spacial score (nSPS) is 10.3. The summed E-state index contributed by atoms with van der Waals surface area (Å²) in [5.41, 5.74) is 0. The standard InChI is InChI=1S/C10H15ClIN3/c1-15(6-4-2-3-5-11)10-9(12)7-13-8-14-10/h7-8H,2-6H2,1H3. The van der Waals surface area contributed by atoms with Crippen LogP contribution in [0.4, 0.5) is 5.82 Å². The summed E-state index contributed by atoms with van der Waals surface area (Å²) in [6, 6.07) is 0. The van der Waals surface area contributed by atoms with E-state index in [9.17, 15) is 0 Å². The molecule has 0 aliphatic heterocycles. The monoisotopic (exact) mass is 339 g/mol. The van der Waals surface area contributed by atoms with Gasteiger partial charge in [-0.2, -0.15) is 0 Å². The summed E-state index contributed by atoms with van der Waals surface area (Å²) in [5.74, 6) is 1.77. The molecule has 0 spiro atoms. The van der Waals surface area contributed by atoms with Crippen molar-refractivity contribution in [1.29, 1.82) is 0 Å². The number of aromatic nitrogens is 2. The zero-order valence-corrected chi connectivity index (χ0v) is 11.7. The SMILES string of the molecule is CN(CCCCCCl)c1ncncc1I. The third-order valence-electron chi connectivity index (χ3n) is 2.14. The Hall–Kier alpha value is -0.100. The maximum atomic E-state index is 5.62. The van der Waals surface area contributed by atoms with E-state index >= 15 is 0 Å². The van der Waals surface area contributed by atoms with E-state index in [4.69, 9.17) is 11.6 Å². The fraction of sp³-hybridized carbons (Fsp3) is 0.600. The van der Waals surface area contributed by atoms with Crippen molar-refractivity contribution < 1.29 is 0 Å². The molecule has 84 valence electrons. The summed E-state index contributed by atoms with van der Waals surface area (Å²) in [4.78, 5) is 10.4. The Morgan fingerprint density at radius 2 is 2.20 bits per heavy atom. The van der Waals surface area contributed by atoms with Crippen LogP contribution in [0.2, 0.25) is 0 Å². The lowest BCUT2D eigenvalue weighted by atomic mass is 10.2. The number of nitrogens with zero attached hydrogens (tertiary/aromatic N) is 3. The zero-order chi connectivity index (χ0) is 11.1. The fourth-order valence-electron chi connectivity index (χ4n) is 1.31. The minimum atomic E-state index is 0.759. The second-order valence-corrected chi connectivity index (χ2v) is 4.91. The molecule has 1 heterocycles. The van der Waals surface area contributed by atoms with Crippen molar-refractivity contribution in [3.05, 3.63) is 16.1 Å². The first-order valence-electron chi connectivity index (χ1n) is 4.98. The van der Waals surface area contributed by atoms with Gasteiger partial charge in [-0.3, -0.25) is 0 Å². The molecule has 0 N–H and O–H groups in total. The first-order valence-corrected chi connectivity index (χ1v) is 6.59. The molecule has 0 atom stereocenters. The third-order valence-corrected chi connectivity index (χ3v) is 3.17. The Bertz CT molecular complexity index is 296. The maximum absolute atomic E-state index is 5.62. The fourth-order valence-corrected chi connectivity index (χ4v) is 2.21. The van der Waals surface area contributed by atoms with E-state index in [0.717, 1.165) is 34.7 Å². The van der Waals surface area contributed by atoms with Crippen LogP contribution in [-0.4, -0.2) is 29.4 Å². The first kappa shape index (κ1) is 13.0. The van der Waals surface area contributed by atoms with Gasteiger partial charge >= 0.3 is 0 Å². The van der Waals surface area contributed by atoms with Crippen LogP contribution in [-0.2, 0) is 0 Å². The molecule has 15 heavy (non-hydrogen) atoms. The van der Waals surface area contributed by atoms with Crippen LogP contribution in [0.25, 0.3) is 0 Å². The minimum absolute atomic E-state index is 0.759. The third kappa shape index (κ3) is 4.51. The van der Waals surface area contributed by atoms with Crippen LogP contribution in [0.15, 0.2) is 12.5 Å². The molecule has 0 aliphatic rings. The van der Waals surface area contributed by atoms with Gasteiger partial charge in [0.2, 0.25) is 0 Å². The second kappa shape index (κ2) is 7.22. The van der Waals surface area contributed by atoms with Gasteiger partial charge < -0.3 is 4.90 Å². The highest BCUT2D eigenvalue weighted by Crippen LogP contribution is 2.16. The van der Waals surface area contributed by atoms with Gasteiger partial charge in [-0.05, 0) is 35.4 Å². The van der Waals surface area contributed by atoms with E-state index in [1.54, 1.807) is 6.33 Å². The van der Waals surface area contributed by atoms with Crippen molar-refractivity contribution >= 4 is 40.0 Å². The van der Waals surface area contributed by atoms with E-state index in [-0.39, 0.29) is 0 Å². The van der Waals surface area contributed by atoms with Gasteiger partial charge in [-0.25, -0.2) is 9.97 Å². The molecule has 0 fully saturated rings. The van der Waals surface area contributed by atoms with Crippen LogP contribution < -0.4 is 4.90 Å². The highest BCUT2D eigenvalue weighted by atomic mass is 127. The first-order chi connectivity index (χ1) is 7.25. The van der Waals surface area contributed by atoms with Crippen LogP contribution in [0.5, 0.6) is 0 Å². The Balaban J connectivity index is 2.40. The van der Waals surface area contributed by atoms with E-state index in [1.165, 1.54) is 6.42 Å². The average molecular weight is 340 g/mol. The largest absolute Gasteiger partial charge is 0.359 e. The van der Waals surface area contributed by atoms with Crippen molar-refractivity contribution in [3.63, 3.8) is 0 Å². The average Bonchev–Trinajstić information content (AvgIpc) is 2.25. The van der Waals surface area contributed by atoms with Crippen molar-refractivity contribution in [2.24, 2.45) is 0 Å². The van der Waals surface area contributed by atoms with Gasteiger partial charge in [0.15, 0.2) is 0 Å². The van der Waals surface area contributed by atoms with Crippen LogP contribution >= 0.6 is 34.2 Å². The highest BCUT2D eigenvalue weighted by Gasteiger charge is 2.05. The van der Waals surface area contributed by atoms with Crippen molar-refractivity contribution in [2.75, 3.05) is 24.4 Å². The molecule has 0 unspecified atom stereocenters. The summed E-state index contributed by atoms with van der Waals surface area (Å²) in [5, 5.41) is 0. The van der Waals surface area contributed by atoms with E-state index in [2.05, 4.69) is 44.5 Å².